The van der Waals surface area contributed by atoms with Gasteiger partial charge in [0, 0.05) is 20.1 Å². The van der Waals surface area contributed by atoms with Crippen molar-refractivity contribution in [2.24, 2.45) is 5.92 Å². The quantitative estimate of drug-likeness (QED) is 0.375. The second kappa shape index (κ2) is 13.0. The van der Waals surface area contributed by atoms with Crippen molar-refractivity contribution in [2.75, 3.05) is 56.3 Å². The van der Waals surface area contributed by atoms with Gasteiger partial charge in [0.05, 0.1) is 25.7 Å². The molecule has 0 spiro atoms. The predicted octanol–water partition coefficient (Wildman–Crippen LogP) is 3.81. The molecule has 202 valence electrons. The number of anilines is 2. The molecule has 0 aliphatic carbocycles. The Hall–Kier alpha value is -3.99. The fraction of sp³-hybridized carbons (Fsp3) is 0.407. The number of rotatable bonds is 12. The van der Waals surface area contributed by atoms with Crippen LogP contribution in [0.2, 0.25) is 0 Å². The number of hydrogen-bond acceptors (Lipinski definition) is 9. The molecule has 0 amide bonds. The smallest absolute Gasteiger partial charge is 0.328 e. The molecule has 1 aliphatic rings. The van der Waals surface area contributed by atoms with Gasteiger partial charge in [-0.1, -0.05) is 19.1 Å². The largest absolute Gasteiger partial charge is 0.492 e. The molecular weight excluding hydrogens is 493 g/mol. The molecule has 1 atom stereocenters. The number of likely N-dealkylation sites (N-methyl/N-ethyl adjacent to an activating group) is 1. The Morgan fingerprint density at radius 1 is 1.08 bits per heavy atom. The lowest BCUT2D eigenvalue weighted by Crippen LogP contribution is -2.38. The van der Waals surface area contributed by atoms with Crippen molar-refractivity contribution in [3.63, 3.8) is 0 Å². The summed E-state index contributed by atoms with van der Waals surface area (Å²) in [6, 6.07) is 13.2. The van der Waals surface area contributed by atoms with Crippen LogP contribution in [-0.2, 0) is 16.0 Å². The van der Waals surface area contributed by atoms with Crippen molar-refractivity contribution >= 4 is 17.9 Å². The van der Waals surface area contributed by atoms with Crippen molar-refractivity contribution < 1.29 is 28.5 Å². The molecule has 1 fully saturated rings. The van der Waals surface area contributed by atoms with Crippen molar-refractivity contribution in [3.05, 3.63) is 59.9 Å². The van der Waals surface area contributed by atoms with E-state index in [0.29, 0.717) is 75.7 Å². The molecule has 4 rings (SSSR count). The van der Waals surface area contributed by atoms with Crippen LogP contribution in [0.15, 0.2) is 48.5 Å². The van der Waals surface area contributed by atoms with Gasteiger partial charge in [0.25, 0.3) is 0 Å². The summed E-state index contributed by atoms with van der Waals surface area (Å²) in [5.74, 6) is 0.465. The molecule has 10 nitrogen and oxygen atoms in total. The molecule has 0 saturated carbocycles. The van der Waals surface area contributed by atoms with Crippen LogP contribution in [0.1, 0.15) is 18.9 Å². The summed E-state index contributed by atoms with van der Waals surface area (Å²) in [5, 5.41) is 9.27. The van der Waals surface area contributed by atoms with E-state index >= 15 is 0 Å². The highest BCUT2D eigenvalue weighted by Crippen LogP contribution is 2.23. The fourth-order valence-electron chi connectivity index (χ4n) is 3.88. The number of carboxylic acids is 1. The first-order chi connectivity index (χ1) is 18.4. The standard InChI is InChI=1S/C27H32FN5O5/c1-3-20(24(34)35)18-19-4-8-22(9-5-19)37-17-12-32(2)25-29-26(33-13-15-36-16-14-33)31-27(30-25)38-23-10-6-21(28)7-11-23/h4-11,20H,3,12-18H2,1-2H3,(H,34,35). The maximum atomic E-state index is 13.3. The van der Waals surface area contributed by atoms with E-state index in [0.717, 1.165) is 5.56 Å². The minimum atomic E-state index is -0.780. The summed E-state index contributed by atoms with van der Waals surface area (Å²) in [6.07, 6.45) is 1.07. The monoisotopic (exact) mass is 525 g/mol. The topological polar surface area (TPSA) is 110 Å². The molecule has 1 unspecified atom stereocenters. The first-order valence-corrected chi connectivity index (χ1v) is 12.6. The van der Waals surface area contributed by atoms with Crippen molar-refractivity contribution in [1.29, 1.82) is 0 Å². The number of carbonyl (C=O) groups is 1. The van der Waals surface area contributed by atoms with Crippen LogP contribution in [0.25, 0.3) is 0 Å². The van der Waals surface area contributed by atoms with Gasteiger partial charge >= 0.3 is 12.0 Å². The minimum Gasteiger partial charge on any atom is -0.492 e. The molecule has 1 aromatic heterocycles. The lowest BCUT2D eigenvalue weighted by Gasteiger charge is -2.27. The second-order valence-electron chi connectivity index (χ2n) is 8.93. The third-order valence-electron chi connectivity index (χ3n) is 6.19. The van der Waals surface area contributed by atoms with Crippen LogP contribution < -0.4 is 19.3 Å². The molecule has 1 N–H and O–H groups in total. The van der Waals surface area contributed by atoms with E-state index in [1.807, 2.05) is 48.0 Å². The fourth-order valence-corrected chi connectivity index (χ4v) is 3.88. The number of nitrogens with zero attached hydrogens (tertiary/aromatic N) is 5. The van der Waals surface area contributed by atoms with E-state index in [-0.39, 0.29) is 11.8 Å². The Morgan fingerprint density at radius 3 is 2.42 bits per heavy atom. The third-order valence-corrected chi connectivity index (χ3v) is 6.19. The van der Waals surface area contributed by atoms with Crippen LogP contribution in [0, 0.1) is 11.7 Å². The summed E-state index contributed by atoms with van der Waals surface area (Å²) in [4.78, 5) is 28.7. The summed E-state index contributed by atoms with van der Waals surface area (Å²) in [7, 11) is 1.85. The Morgan fingerprint density at radius 2 is 1.76 bits per heavy atom. The third kappa shape index (κ3) is 7.51. The summed E-state index contributed by atoms with van der Waals surface area (Å²) < 4.78 is 30.4. The lowest BCUT2D eigenvalue weighted by atomic mass is 9.97. The lowest BCUT2D eigenvalue weighted by molar-refractivity contribution is -0.141. The van der Waals surface area contributed by atoms with Crippen LogP contribution in [-0.4, -0.2) is 72.5 Å². The van der Waals surface area contributed by atoms with Crippen LogP contribution in [0.5, 0.6) is 17.5 Å². The van der Waals surface area contributed by atoms with E-state index in [4.69, 9.17) is 14.2 Å². The Bertz CT molecular complexity index is 1190. The van der Waals surface area contributed by atoms with E-state index in [1.165, 1.54) is 24.3 Å². The normalized spacial score (nSPS) is 14.1. The van der Waals surface area contributed by atoms with Gasteiger partial charge in [0.1, 0.15) is 23.9 Å². The molecule has 2 aromatic carbocycles. The summed E-state index contributed by atoms with van der Waals surface area (Å²) >= 11 is 0. The number of hydrogen-bond donors (Lipinski definition) is 1. The first-order valence-electron chi connectivity index (χ1n) is 12.6. The maximum absolute atomic E-state index is 13.3. The summed E-state index contributed by atoms with van der Waals surface area (Å²) in [6.45, 7) is 5.18. The second-order valence-corrected chi connectivity index (χ2v) is 8.93. The highest BCUT2D eigenvalue weighted by Gasteiger charge is 2.19. The molecule has 3 aromatic rings. The van der Waals surface area contributed by atoms with E-state index in [9.17, 15) is 14.3 Å². The number of ether oxygens (including phenoxy) is 3. The average Bonchev–Trinajstić information content (AvgIpc) is 2.94. The Balaban J connectivity index is 1.40. The molecule has 0 bridgehead atoms. The van der Waals surface area contributed by atoms with E-state index in [1.54, 1.807) is 0 Å². The van der Waals surface area contributed by atoms with Gasteiger partial charge in [-0.05, 0) is 54.8 Å². The molecule has 1 saturated heterocycles. The number of aliphatic carboxylic acids is 1. The highest BCUT2D eigenvalue weighted by molar-refractivity contribution is 5.70. The zero-order valence-electron chi connectivity index (χ0n) is 21.5. The molecule has 2 heterocycles. The first kappa shape index (κ1) is 27.1. The van der Waals surface area contributed by atoms with Crippen molar-refractivity contribution in [3.8, 4) is 17.5 Å². The maximum Gasteiger partial charge on any atom is 0.328 e. The number of benzene rings is 2. The van der Waals surface area contributed by atoms with Gasteiger partial charge in [0.15, 0.2) is 0 Å². The van der Waals surface area contributed by atoms with Gasteiger partial charge in [-0.25, -0.2) is 4.39 Å². The molecule has 11 heteroatoms. The molecule has 38 heavy (non-hydrogen) atoms. The Labute approximate surface area is 221 Å². The molecular formula is C27H32FN5O5. The Kier molecular flexibility index (Phi) is 9.26. The van der Waals surface area contributed by atoms with Crippen molar-refractivity contribution in [2.45, 2.75) is 19.8 Å². The molecule has 1 aliphatic heterocycles. The number of carboxylic acid groups (broad SMARTS) is 1. The van der Waals surface area contributed by atoms with E-state index < -0.39 is 11.9 Å². The highest BCUT2D eigenvalue weighted by atomic mass is 19.1. The number of morpholine rings is 1. The predicted molar refractivity (Wildman–Crippen MR) is 140 cm³/mol. The average molecular weight is 526 g/mol. The van der Waals surface area contributed by atoms with Gasteiger partial charge in [-0.15, -0.1) is 0 Å². The minimum absolute atomic E-state index is 0.109. The van der Waals surface area contributed by atoms with Crippen molar-refractivity contribution in [1.82, 2.24) is 15.0 Å². The van der Waals surface area contributed by atoms with Gasteiger partial charge in [-0.2, -0.15) is 15.0 Å². The zero-order valence-corrected chi connectivity index (χ0v) is 21.5. The summed E-state index contributed by atoms with van der Waals surface area (Å²) in [5.41, 5.74) is 0.957. The number of aromatic nitrogens is 3. The van der Waals surface area contributed by atoms with Crippen LogP contribution in [0.4, 0.5) is 16.3 Å². The van der Waals surface area contributed by atoms with Gasteiger partial charge in [-0.3, -0.25) is 4.79 Å². The van der Waals surface area contributed by atoms with Gasteiger partial charge < -0.3 is 29.1 Å². The van der Waals surface area contributed by atoms with E-state index in [2.05, 4.69) is 15.0 Å². The van der Waals surface area contributed by atoms with Crippen LogP contribution in [0.3, 0.4) is 0 Å². The SMILES string of the molecule is CCC(Cc1ccc(OCCN(C)c2nc(Oc3ccc(F)cc3)nc(N3CCOCC3)n2)cc1)C(=O)O. The van der Waals surface area contributed by atoms with Gasteiger partial charge in [0.2, 0.25) is 11.9 Å². The zero-order chi connectivity index (χ0) is 26.9. The molecule has 0 radical (unpaired) electrons. The van der Waals surface area contributed by atoms with Crippen LogP contribution >= 0.6 is 0 Å². The number of halogens is 1.